The number of aliphatic imine (C=N–C) groups is 1. The van der Waals surface area contributed by atoms with Crippen molar-refractivity contribution in [1.82, 2.24) is 15.4 Å². The van der Waals surface area contributed by atoms with E-state index in [9.17, 15) is 12.8 Å². The Hall–Kier alpha value is -1.92. The van der Waals surface area contributed by atoms with Gasteiger partial charge in [0.2, 0.25) is 10.0 Å². The molecular weight excluding hydrogens is 522 g/mol. The molecule has 0 aliphatic rings. The predicted molar refractivity (Wildman–Crippen MR) is 128 cm³/mol. The summed E-state index contributed by atoms with van der Waals surface area (Å²) in [6.07, 6.45) is -0.260. The van der Waals surface area contributed by atoms with Crippen LogP contribution in [0, 0.1) is 5.82 Å². The lowest BCUT2D eigenvalue weighted by Crippen LogP contribution is -2.42. The van der Waals surface area contributed by atoms with Crippen LogP contribution < -0.4 is 20.1 Å². The van der Waals surface area contributed by atoms with Crippen molar-refractivity contribution in [3.8, 4) is 5.75 Å². The normalized spacial score (nSPS) is 12.6. The van der Waals surface area contributed by atoms with Crippen LogP contribution in [-0.2, 0) is 10.0 Å². The van der Waals surface area contributed by atoms with Crippen LogP contribution in [0.1, 0.15) is 13.8 Å². The van der Waals surface area contributed by atoms with E-state index in [1.54, 1.807) is 42.5 Å². The molecule has 0 heterocycles. The zero-order chi connectivity index (χ0) is 21.1. The van der Waals surface area contributed by atoms with Crippen molar-refractivity contribution < 1.29 is 17.5 Å². The van der Waals surface area contributed by atoms with Crippen molar-refractivity contribution in [3.63, 3.8) is 0 Å². The lowest BCUT2D eigenvalue weighted by molar-refractivity contribution is 0.229. The number of sulfonamides is 1. The molecule has 0 radical (unpaired) electrons. The Morgan fingerprint density at radius 1 is 1.10 bits per heavy atom. The highest BCUT2D eigenvalue weighted by Gasteiger charge is 2.12. The van der Waals surface area contributed by atoms with Crippen LogP contribution in [0.25, 0.3) is 0 Å². The Balaban J connectivity index is 0.00000450. The van der Waals surface area contributed by atoms with Crippen LogP contribution in [0.5, 0.6) is 5.75 Å². The molecule has 10 heteroatoms. The molecule has 0 spiro atoms. The van der Waals surface area contributed by atoms with E-state index in [4.69, 9.17) is 4.74 Å². The third-order valence-corrected chi connectivity index (χ3v) is 5.22. The quantitative estimate of drug-likeness (QED) is 0.183. The Kier molecular flexibility index (Phi) is 11.7. The third-order valence-electron chi connectivity index (χ3n) is 3.75. The van der Waals surface area contributed by atoms with Crippen molar-refractivity contribution in [1.29, 1.82) is 0 Å². The van der Waals surface area contributed by atoms with Gasteiger partial charge in [0.15, 0.2) is 5.96 Å². The number of rotatable bonds is 10. The number of halogens is 2. The second-order valence-electron chi connectivity index (χ2n) is 6.24. The Morgan fingerprint density at radius 2 is 1.83 bits per heavy atom. The summed E-state index contributed by atoms with van der Waals surface area (Å²) >= 11 is 0. The molecule has 30 heavy (non-hydrogen) atoms. The first-order valence-corrected chi connectivity index (χ1v) is 10.9. The summed E-state index contributed by atoms with van der Waals surface area (Å²) in [7, 11) is -3.54. The van der Waals surface area contributed by atoms with Gasteiger partial charge in [-0.25, -0.2) is 22.5 Å². The van der Waals surface area contributed by atoms with Gasteiger partial charge in [-0.15, -0.1) is 24.0 Å². The van der Waals surface area contributed by atoms with Crippen LogP contribution in [0.4, 0.5) is 4.39 Å². The van der Waals surface area contributed by atoms with Crippen LogP contribution in [0.15, 0.2) is 64.5 Å². The summed E-state index contributed by atoms with van der Waals surface area (Å²) in [4.78, 5) is 4.65. The Morgan fingerprint density at radius 3 is 2.50 bits per heavy atom. The fourth-order valence-corrected chi connectivity index (χ4v) is 3.47. The summed E-state index contributed by atoms with van der Waals surface area (Å²) < 4.78 is 45.8. The molecule has 2 aromatic rings. The molecule has 2 aromatic carbocycles. The van der Waals surface area contributed by atoms with Gasteiger partial charge in [-0.05, 0) is 38.1 Å². The van der Waals surface area contributed by atoms with Gasteiger partial charge in [-0.3, -0.25) is 0 Å². The number of ether oxygens (including phenoxy) is 1. The third kappa shape index (κ3) is 9.26. The van der Waals surface area contributed by atoms with E-state index < -0.39 is 10.0 Å². The summed E-state index contributed by atoms with van der Waals surface area (Å²) in [5, 5.41) is 6.16. The average Bonchev–Trinajstić information content (AvgIpc) is 2.70. The molecule has 1 unspecified atom stereocenters. The summed E-state index contributed by atoms with van der Waals surface area (Å²) in [6.45, 7) is 5.34. The smallest absolute Gasteiger partial charge is 0.240 e. The van der Waals surface area contributed by atoms with Gasteiger partial charge in [-0.2, -0.15) is 0 Å². The van der Waals surface area contributed by atoms with Crippen molar-refractivity contribution in [2.75, 3.05) is 26.2 Å². The summed E-state index contributed by atoms with van der Waals surface area (Å²) in [5.74, 6) is 0.633. The molecule has 0 bridgehead atoms. The lowest BCUT2D eigenvalue weighted by atomic mass is 10.3. The lowest BCUT2D eigenvalue weighted by Gasteiger charge is -2.15. The van der Waals surface area contributed by atoms with Gasteiger partial charge in [0.05, 0.1) is 11.4 Å². The predicted octanol–water partition coefficient (Wildman–Crippen LogP) is 2.74. The maximum Gasteiger partial charge on any atom is 0.240 e. The largest absolute Gasteiger partial charge is 0.489 e. The van der Waals surface area contributed by atoms with E-state index in [1.165, 1.54) is 12.1 Å². The van der Waals surface area contributed by atoms with E-state index in [1.807, 2.05) is 13.8 Å². The second kappa shape index (κ2) is 13.4. The minimum Gasteiger partial charge on any atom is -0.489 e. The molecule has 0 amide bonds. The highest BCUT2D eigenvalue weighted by atomic mass is 127. The standard InChI is InChI=1S/C20H27FN4O3S.HI/c1-3-22-20(24-15-16(2)28-18-9-7-8-17(21)14-18)23-12-13-25-29(26,27)19-10-5-4-6-11-19;/h4-11,14,16,25H,3,12-13,15H2,1-2H3,(H2,22,23,24);1H. The maximum absolute atomic E-state index is 13.2. The molecule has 0 aliphatic heterocycles. The van der Waals surface area contributed by atoms with Gasteiger partial charge < -0.3 is 15.4 Å². The summed E-state index contributed by atoms with van der Waals surface area (Å²) in [5.41, 5.74) is 0. The number of guanidine groups is 1. The monoisotopic (exact) mass is 550 g/mol. The van der Waals surface area contributed by atoms with E-state index in [0.717, 1.165) is 0 Å². The molecule has 0 saturated heterocycles. The molecule has 0 fully saturated rings. The van der Waals surface area contributed by atoms with Crippen molar-refractivity contribution in [2.24, 2.45) is 4.99 Å². The minimum atomic E-state index is -3.54. The molecule has 0 aromatic heterocycles. The van der Waals surface area contributed by atoms with Crippen molar-refractivity contribution in [2.45, 2.75) is 24.8 Å². The first kappa shape index (κ1) is 26.1. The van der Waals surface area contributed by atoms with Gasteiger partial charge in [0, 0.05) is 25.7 Å². The number of benzene rings is 2. The first-order chi connectivity index (χ1) is 13.9. The maximum atomic E-state index is 13.2. The van der Waals surface area contributed by atoms with Gasteiger partial charge in [0.25, 0.3) is 0 Å². The molecule has 7 nitrogen and oxygen atoms in total. The molecule has 3 N–H and O–H groups in total. The van der Waals surface area contributed by atoms with E-state index in [0.29, 0.717) is 31.3 Å². The number of nitrogens with zero attached hydrogens (tertiary/aromatic N) is 1. The van der Waals surface area contributed by atoms with E-state index >= 15 is 0 Å². The van der Waals surface area contributed by atoms with Crippen LogP contribution in [-0.4, -0.2) is 46.7 Å². The average molecular weight is 550 g/mol. The van der Waals surface area contributed by atoms with Crippen molar-refractivity contribution in [3.05, 3.63) is 60.4 Å². The van der Waals surface area contributed by atoms with Crippen LogP contribution in [0.2, 0.25) is 0 Å². The van der Waals surface area contributed by atoms with Gasteiger partial charge in [0.1, 0.15) is 17.7 Å². The molecule has 2 rings (SSSR count). The van der Waals surface area contributed by atoms with Gasteiger partial charge in [-0.1, -0.05) is 24.3 Å². The van der Waals surface area contributed by atoms with E-state index in [-0.39, 0.29) is 47.3 Å². The number of hydrogen-bond acceptors (Lipinski definition) is 4. The van der Waals surface area contributed by atoms with E-state index in [2.05, 4.69) is 20.3 Å². The van der Waals surface area contributed by atoms with Gasteiger partial charge >= 0.3 is 0 Å². The summed E-state index contributed by atoms with van der Waals surface area (Å²) in [6, 6.07) is 14.2. The fourth-order valence-electron chi connectivity index (χ4n) is 2.42. The Bertz CT molecular complexity index is 898. The molecule has 166 valence electrons. The van der Waals surface area contributed by atoms with Crippen LogP contribution in [0.3, 0.4) is 0 Å². The first-order valence-electron chi connectivity index (χ1n) is 9.40. The van der Waals surface area contributed by atoms with Crippen molar-refractivity contribution >= 4 is 40.0 Å². The second-order valence-corrected chi connectivity index (χ2v) is 8.01. The van der Waals surface area contributed by atoms with Crippen LogP contribution >= 0.6 is 24.0 Å². The SMILES string of the molecule is CCNC(=NCC(C)Oc1cccc(F)c1)NCCNS(=O)(=O)c1ccccc1.I. The number of nitrogens with one attached hydrogen (secondary N) is 3. The zero-order valence-corrected chi connectivity index (χ0v) is 20.1. The minimum absolute atomic E-state index is 0. The topological polar surface area (TPSA) is 91.8 Å². The molecule has 0 aliphatic carbocycles. The highest BCUT2D eigenvalue weighted by Crippen LogP contribution is 2.13. The fraction of sp³-hybridized carbons (Fsp3) is 0.350. The zero-order valence-electron chi connectivity index (χ0n) is 17.0. The molecular formula is C20H28FIN4O3S. The molecule has 0 saturated carbocycles. The molecule has 1 atom stereocenters. The highest BCUT2D eigenvalue weighted by molar-refractivity contribution is 14.0. The Labute approximate surface area is 194 Å². The number of hydrogen-bond donors (Lipinski definition) is 3.